The van der Waals surface area contributed by atoms with Gasteiger partial charge in [0.1, 0.15) is 5.82 Å². The molecule has 0 saturated heterocycles. The summed E-state index contributed by atoms with van der Waals surface area (Å²) in [5.74, 6) is -0.673. The molecule has 1 aliphatic rings. The largest absolute Gasteiger partial charge is 0.346 e. The average Bonchev–Trinajstić information content (AvgIpc) is 2.79. The van der Waals surface area contributed by atoms with Crippen molar-refractivity contribution in [1.82, 2.24) is 5.32 Å². The van der Waals surface area contributed by atoms with Crippen molar-refractivity contribution < 1.29 is 14.0 Å². The van der Waals surface area contributed by atoms with Crippen LogP contribution in [0.15, 0.2) is 72.8 Å². The predicted octanol–water partition coefficient (Wildman–Crippen LogP) is 4.91. The average molecular weight is 402 g/mol. The van der Waals surface area contributed by atoms with Gasteiger partial charge in [-0.1, -0.05) is 30.3 Å². The quantitative estimate of drug-likeness (QED) is 0.674. The van der Waals surface area contributed by atoms with E-state index in [4.69, 9.17) is 0 Å². The highest BCUT2D eigenvalue weighted by Crippen LogP contribution is 2.29. The summed E-state index contributed by atoms with van der Waals surface area (Å²) >= 11 is 0. The molecule has 2 amide bonds. The van der Waals surface area contributed by atoms with Gasteiger partial charge in [0, 0.05) is 23.4 Å². The number of nitrogens with zero attached hydrogens (tertiary/aromatic N) is 1. The number of halogens is 1. The third-order valence-corrected chi connectivity index (χ3v) is 5.44. The molecule has 4 nitrogen and oxygen atoms in total. The number of nitrogens with one attached hydrogen (secondary N) is 1. The van der Waals surface area contributed by atoms with Gasteiger partial charge in [-0.3, -0.25) is 9.59 Å². The minimum Gasteiger partial charge on any atom is -0.346 e. The Morgan fingerprint density at radius 2 is 1.67 bits per heavy atom. The number of anilines is 1. The molecule has 0 aromatic heterocycles. The molecule has 1 unspecified atom stereocenters. The maximum atomic E-state index is 13.2. The number of carbonyl (C=O) groups is 2. The molecule has 0 spiro atoms. The molecule has 1 atom stereocenters. The predicted molar refractivity (Wildman–Crippen MR) is 115 cm³/mol. The van der Waals surface area contributed by atoms with Crippen LogP contribution in [0.5, 0.6) is 0 Å². The monoisotopic (exact) mass is 402 g/mol. The van der Waals surface area contributed by atoms with Gasteiger partial charge in [-0.25, -0.2) is 4.39 Å². The van der Waals surface area contributed by atoms with Gasteiger partial charge in [0.05, 0.1) is 6.04 Å². The van der Waals surface area contributed by atoms with Gasteiger partial charge >= 0.3 is 0 Å². The summed E-state index contributed by atoms with van der Waals surface area (Å²) in [7, 11) is 0. The van der Waals surface area contributed by atoms with Crippen molar-refractivity contribution >= 4 is 17.5 Å². The second-order valence-electron chi connectivity index (χ2n) is 7.52. The van der Waals surface area contributed by atoms with E-state index >= 15 is 0 Å². The molecular formula is C25H23FN2O2. The van der Waals surface area contributed by atoms with Crippen molar-refractivity contribution in [3.05, 3.63) is 101 Å². The molecule has 30 heavy (non-hydrogen) atoms. The number of rotatable bonds is 4. The summed E-state index contributed by atoms with van der Waals surface area (Å²) in [5.41, 5.74) is 3.84. The number of fused-ring (bicyclic) bond motifs is 1. The van der Waals surface area contributed by atoms with E-state index in [1.54, 1.807) is 11.0 Å². The van der Waals surface area contributed by atoms with Gasteiger partial charge in [0.2, 0.25) is 0 Å². The first-order valence-electron chi connectivity index (χ1n) is 10.1. The highest BCUT2D eigenvalue weighted by atomic mass is 19.1. The lowest BCUT2D eigenvalue weighted by Crippen LogP contribution is -2.35. The summed E-state index contributed by atoms with van der Waals surface area (Å²) in [4.78, 5) is 27.4. The van der Waals surface area contributed by atoms with Gasteiger partial charge in [-0.15, -0.1) is 0 Å². The summed E-state index contributed by atoms with van der Waals surface area (Å²) in [6.45, 7) is 2.55. The van der Waals surface area contributed by atoms with Gasteiger partial charge in [-0.05, 0) is 73.4 Å². The Balaban J connectivity index is 1.53. The van der Waals surface area contributed by atoms with Crippen LogP contribution in [0.4, 0.5) is 10.1 Å². The zero-order valence-electron chi connectivity index (χ0n) is 16.8. The van der Waals surface area contributed by atoms with Crippen LogP contribution in [0.2, 0.25) is 0 Å². The number of aryl methyl sites for hydroxylation is 1. The molecule has 152 valence electrons. The molecular weight excluding hydrogens is 379 g/mol. The molecule has 1 N–H and O–H groups in total. The van der Waals surface area contributed by atoms with Crippen LogP contribution >= 0.6 is 0 Å². The molecule has 3 aromatic rings. The Morgan fingerprint density at radius 1 is 0.967 bits per heavy atom. The molecule has 5 heteroatoms. The first-order chi connectivity index (χ1) is 14.5. The van der Waals surface area contributed by atoms with E-state index in [1.807, 2.05) is 49.4 Å². The third-order valence-electron chi connectivity index (χ3n) is 5.44. The zero-order chi connectivity index (χ0) is 21.1. The zero-order valence-corrected chi connectivity index (χ0v) is 16.8. The van der Waals surface area contributed by atoms with Crippen LogP contribution in [-0.4, -0.2) is 18.4 Å². The Bertz CT molecular complexity index is 1060. The second-order valence-corrected chi connectivity index (χ2v) is 7.52. The van der Waals surface area contributed by atoms with Crippen LogP contribution in [0.25, 0.3) is 0 Å². The minimum absolute atomic E-state index is 0.105. The van der Waals surface area contributed by atoms with E-state index in [0.717, 1.165) is 29.7 Å². The lowest BCUT2D eigenvalue weighted by Gasteiger charge is -2.30. The van der Waals surface area contributed by atoms with Crippen molar-refractivity contribution in [3.8, 4) is 0 Å². The lowest BCUT2D eigenvalue weighted by atomic mass is 9.98. The second kappa shape index (κ2) is 8.49. The Morgan fingerprint density at radius 3 is 2.40 bits per heavy atom. The standard InChI is InChI=1S/C25H23FN2O2/c1-17(18-6-3-2-4-7-18)27-24(29)21-11-14-23-20(16-21)8-5-15-28(23)25(30)19-9-12-22(26)13-10-19/h2-4,6-7,9-14,16-17H,5,8,15H2,1H3,(H,27,29). The number of benzene rings is 3. The summed E-state index contributed by atoms with van der Waals surface area (Å²) in [6.07, 6.45) is 1.61. The summed E-state index contributed by atoms with van der Waals surface area (Å²) in [5, 5.41) is 3.03. The van der Waals surface area contributed by atoms with Crippen molar-refractivity contribution in [2.45, 2.75) is 25.8 Å². The molecule has 0 fully saturated rings. The molecule has 0 radical (unpaired) electrons. The molecule has 0 saturated carbocycles. The van der Waals surface area contributed by atoms with E-state index in [0.29, 0.717) is 17.7 Å². The molecule has 3 aromatic carbocycles. The van der Waals surface area contributed by atoms with Gasteiger partial charge < -0.3 is 10.2 Å². The first kappa shape index (κ1) is 19.8. The Labute approximate surface area is 175 Å². The van der Waals surface area contributed by atoms with Gasteiger partial charge in [-0.2, -0.15) is 0 Å². The molecule has 1 aliphatic heterocycles. The maximum absolute atomic E-state index is 13.2. The molecule has 0 aliphatic carbocycles. The van der Waals surface area contributed by atoms with Crippen LogP contribution in [0, 0.1) is 5.82 Å². The Hall–Kier alpha value is -3.47. The number of hydrogen-bond donors (Lipinski definition) is 1. The van der Waals surface area contributed by atoms with Crippen LogP contribution in [-0.2, 0) is 6.42 Å². The fourth-order valence-electron chi connectivity index (χ4n) is 3.80. The van der Waals surface area contributed by atoms with Crippen LogP contribution in [0.3, 0.4) is 0 Å². The number of amides is 2. The van der Waals surface area contributed by atoms with E-state index in [-0.39, 0.29) is 23.7 Å². The SMILES string of the molecule is CC(NC(=O)c1ccc2c(c1)CCCN2C(=O)c1ccc(F)cc1)c1ccccc1. The fraction of sp³-hybridized carbons (Fsp3) is 0.200. The molecule has 4 rings (SSSR count). The highest BCUT2D eigenvalue weighted by Gasteiger charge is 2.24. The van der Waals surface area contributed by atoms with Crippen LogP contribution < -0.4 is 10.2 Å². The van der Waals surface area contributed by atoms with E-state index in [9.17, 15) is 14.0 Å². The van der Waals surface area contributed by atoms with Crippen molar-refractivity contribution in [3.63, 3.8) is 0 Å². The molecule has 0 bridgehead atoms. The lowest BCUT2D eigenvalue weighted by molar-refractivity contribution is 0.0939. The van der Waals surface area contributed by atoms with Crippen LogP contribution in [0.1, 0.15) is 51.2 Å². The van der Waals surface area contributed by atoms with E-state index in [2.05, 4.69) is 5.32 Å². The van der Waals surface area contributed by atoms with Crippen molar-refractivity contribution in [1.29, 1.82) is 0 Å². The fourth-order valence-corrected chi connectivity index (χ4v) is 3.80. The Kier molecular flexibility index (Phi) is 5.61. The highest BCUT2D eigenvalue weighted by molar-refractivity contribution is 6.07. The summed E-state index contributed by atoms with van der Waals surface area (Å²) in [6, 6.07) is 20.7. The third kappa shape index (κ3) is 4.10. The topological polar surface area (TPSA) is 49.4 Å². The van der Waals surface area contributed by atoms with E-state index < -0.39 is 0 Å². The summed E-state index contributed by atoms with van der Waals surface area (Å²) < 4.78 is 13.2. The van der Waals surface area contributed by atoms with E-state index in [1.165, 1.54) is 24.3 Å². The number of carbonyl (C=O) groups excluding carboxylic acids is 2. The minimum atomic E-state index is -0.369. The number of hydrogen-bond acceptors (Lipinski definition) is 2. The molecule has 1 heterocycles. The maximum Gasteiger partial charge on any atom is 0.258 e. The normalized spacial score (nSPS) is 14.0. The van der Waals surface area contributed by atoms with Crippen molar-refractivity contribution in [2.24, 2.45) is 0 Å². The van der Waals surface area contributed by atoms with Gasteiger partial charge in [0.25, 0.3) is 11.8 Å². The smallest absolute Gasteiger partial charge is 0.258 e. The first-order valence-corrected chi connectivity index (χ1v) is 10.1. The van der Waals surface area contributed by atoms with Crippen molar-refractivity contribution in [2.75, 3.05) is 11.4 Å². The van der Waals surface area contributed by atoms with Gasteiger partial charge in [0.15, 0.2) is 0 Å².